The third-order valence-corrected chi connectivity index (χ3v) is 5.17. The van der Waals surface area contributed by atoms with Gasteiger partial charge in [-0.05, 0) is 37.4 Å². The number of nitrogens with zero attached hydrogens (tertiary/aromatic N) is 3. The topological polar surface area (TPSA) is 60.0 Å². The number of hydrogen-bond acceptors (Lipinski definition) is 4. The molecule has 2 rings (SSSR count). The Labute approximate surface area is 154 Å². The largest absolute Gasteiger partial charge is 0.354 e. The highest BCUT2D eigenvalue weighted by Gasteiger charge is 2.24. The first kappa shape index (κ1) is 19.5. The first-order valence-electron chi connectivity index (χ1n) is 8.72. The fourth-order valence-corrected chi connectivity index (χ4v) is 3.63. The molecule has 0 bridgehead atoms. The van der Waals surface area contributed by atoms with E-state index >= 15 is 0 Å². The van der Waals surface area contributed by atoms with Crippen molar-refractivity contribution in [3.63, 3.8) is 0 Å². The third kappa shape index (κ3) is 6.17. The lowest BCUT2D eigenvalue weighted by Crippen LogP contribution is -2.43. The van der Waals surface area contributed by atoms with Gasteiger partial charge >= 0.3 is 0 Å². The predicted molar refractivity (Wildman–Crippen MR) is 105 cm³/mol. The number of likely N-dealkylation sites (N-methyl/N-ethyl adjacent to an activating group) is 1. The van der Waals surface area contributed by atoms with Gasteiger partial charge in [-0.3, -0.25) is 9.69 Å². The van der Waals surface area contributed by atoms with Crippen LogP contribution in [0.5, 0.6) is 0 Å². The summed E-state index contributed by atoms with van der Waals surface area (Å²) in [6, 6.07) is 4.63. The molecule has 1 amide bonds. The van der Waals surface area contributed by atoms with Gasteiger partial charge in [-0.25, -0.2) is 4.99 Å². The van der Waals surface area contributed by atoms with Crippen molar-refractivity contribution in [2.45, 2.75) is 18.9 Å². The van der Waals surface area contributed by atoms with E-state index in [-0.39, 0.29) is 12.5 Å². The molecule has 2 N–H and O–H groups in total. The number of thiophene rings is 1. The number of likely N-dealkylation sites (tertiary alicyclic amines) is 1. The quantitative estimate of drug-likeness (QED) is 0.419. The van der Waals surface area contributed by atoms with Gasteiger partial charge in [0.1, 0.15) is 6.54 Å². The summed E-state index contributed by atoms with van der Waals surface area (Å²) >= 11 is 1.79. The fourth-order valence-electron chi connectivity index (χ4n) is 2.77. The van der Waals surface area contributed by atoms with E-state index in [4.69, 9.17) is 0 Å². The van der Waals surface area contributed by atoms with Crippen LogP contribution in [0.3, 0.4) is 0 Å². The van der Waals surface area contributed by atoms with Crippen LogP contribution in [0, 0.1) is 0 Å². The molecule has 1 aromatic heterocycles. The monoisotopic (exact) mass is 363 g/mol. The van der Waals surface area contributed by atoms with E-state index < -0.39 is 0 Å². The number of guanidine groups is 1. The molecular weight excluding hydrogens is 334 g/mol. The smallest absolute Gasteiger partial charge is 0.243 e. The van der Waals surface area contributed by atoms with Crippen molar-refractivity contribution in [1.82, 2.24) is 20.4 Å². The molecule has 0 saturated carbocycles. The lowest BCUT2D eigenvalue weighted by atomic mass is 10.2. The summed E-state index contributed by atoms with van der Waals surface area (Å²) in [5.41, 5.74) is 0. The van der Waals surface area contributed by atoms with E-state index in [9.17, 15) is 4.79 Å². The van der Waals surface area contributed by atoms with Crippen LogP contribution in [0.4, 0.5) is 0 Å². The number of carbonyl (C=O) groups excluding carboxylic acids is 1. The van der Waals surface area contributed by atoms with Crippen LogP contribution in [0.2, 0.25) is 0 Å². The second kappa shape index (κ2) is 10.2. The average molecular weight is 364 g/mol. The van der Waals surface area contributed by atoms with Crippen molar-refractivity contribution < 1.29 is 4.79 Å². The molecule has 1 aromatic rings. The highest BCUT2D eigenvalue weighted by molar-refractivity contribution is 7.10. The van der Waals surface area contributed by atoms with E-state index in [0.29, 0.717) is 18.5 Å². The highest BCUT2D eigenvalue weighted by Crippen LogP contribution is 2.27. The molecule has 1 unspecified atom stereocenters. The standard InChI is InChI=1S/C18H29N5OS/c1-4-9-19-18(21-14-17(24)22(2)3)20-13-15(16-8-7-12-25-16)23-10-5-6-11-23/h4,7-8,12,15H,1,5-6,9-11,13-14H2,2-3H3,(H2,19,20,21). The summed E-state index contributed by atoms with van der Waals surface area (Å²) in [6.07, 6.45) is 4.30. The van der Waals surface area contributed by atoms with Gasteiger partial charge in [0.25, 0.3) is 0 Å². The maximum Gasteiger partial charge on any atom is 0.243 e. The molecule has 0 spiro atoms. The van der Waals surface area contributed by atoms with Gasteiger partial charge < -0.3 is 15.5 Å². The van der Waals surface area contributed by atoms with Crippen LogP contribution in [0.25, 0.3) is 0 Å². The zero-order valence-electron chi connectivity index (χ0n) is 15.2. The van der Waals surface area contributed by atoms with Crippen molar-refractivity contribution in [1.29, 1.82) is 0 Å². The van der Waals surface area contributed by atoms with E-state index in [1.54, 1.807) is 36.4 Å². The number of hydrogen-bond donors (Lipinski definition) is 2. The zero-order chi connectivity index (χ0) is 18.1. The number of rotatable bonds is 8. The first-order valence-corrected chi connectivity index (χ1v) is 9.60. The minimum absolute atomic E-state index is 0.0194. The molecule has 0 aromatic carbocycles. The summed E-state index contributed by atoms with van der Waals surface area (Å²) < 4.78 is 0. The molecule has 1 saturated heterocycles. The van der Waals surface area contributed by atoms with Crippen LogP contribution in [0.1, 0.15) is 23.8 Å². The van der Waals surface area contributed by atoms with Gasteiger partial charge in [0.2, 0.25) is 5.91 Å². The molecule has 138 valence electrons. The van der Waals surface area contributed by atoms with Gasteiger partial charge in [-0.15, -0.1) is 17.9 Å². The molecule has 0 aliphatic carbocycles. The Morgan fingerprint density at radius 2 is 2.20 bits per heavy atom. The van der Waals surface area contributed by atoms with Gasteiger partial charge in [-0.2, -0.15) is 0 Å². The molecule has 6 nitrogen and oxygen atoms in total. The van der Waals surface area contributed by atoms with Crippen molar-refractivity contribution >= 4 is 23.2 Å². The van der Waals surface area contributed by atoms with E-state index in [1.165, 1.54) is 17.7 Å². The number of amides is 1. The first-order chi connectivity index (χ1) is 12.1. The van der Waals surface area contributed by atoms with Gasteiger partial charge in [0.05, 0.1) is 6.04 Å². The molecule has 1 fully saturated rings. The number of carbonyl (C=O) groups is 1. The summed E-state index contributed by atoms with van der Waals surface area (Å²) in [5, 5.41) is 8.71. The lowest BCUT2D eigenvalue weighted by molar-refractivity contribution is -0.127. The van der Waals surface area contributed by atoms with Crippen molar-refractivity contribution in [2.75, 3.05) is 46.8 Å². The molecule has 1 aliphatic rings. The summed E-state index contributed by atoms with van der Waals surface area (Å²) in [7, 11) is 3.48. The van der Waals surface area contributed by atoms with E-state index in [0.717, 1.165) is 19.6 Å². The zero-order valence-corrected chi connectivity index (χ0v) is 16.0. The second-order valence-electron chi connectivity index (χ2n) is 6.28. The SMILES string of the molecule is C=CCNC(=NCC(=O)N(C)C)NCC(c1cccs1)N1CCCC1. The Kier molecular flexibility index (Phi) is 7.94. The second-order valence-corrected chi connectivity index (χ2v) is 7.26. The Bertz CT molecular complexity index is 564. The fraction of sp³-hybridized carbons (Fsp3) is 0.556. The molecule has 0 radical (unpaired) electrons. The molecule has 25 heavy (non-hydrogen) atoms. The van der Waals surface area contributed by atoms with Crippen LogP contribution in [0.15, 0.2) is 35.2 Å². The maximum atomic E-state index is 11.8. The Balaban J connectivity index is 2.01. The van der Waals surface area contributed by atoms with Crippen LogP contribution >= 0.6 is 11.3 Å². The van der Waals surface area contributed by atoms with Crippen LogP contribution in [-0.2, 0) is 4.79 Å². The maximum absolute atomic E-state index is 11.8. The van der Waals surface area contributed by atoms with Crippen molar-refractivity contribution in [3.8, 4) is 0 Å². The summed E-state index contributed by atoms with van der Waals surface area (Å²) in [6.45, 7) is 7.50. The lowest BCUT2D eigenvalue weighted by Gasteiger charge is -2.27. The van der Waals surface area contributed by atoms with E-state index in [1.807, 2.05) is 0 Å². The molecule has 1 aliphatic heterocycles. The van der Waals surface area contributed by atoms with Gasteiger partial charge in [0, 0.05) is 32.1 Å². The third-order valence-electron chi connectivity index (χ3n) is 4.20. The Morgan fingerprint density at radius 3 is 2.80 bits per heavy atom. The minimum atomic E-state index is -0.0194. The van der Waals surface area contributed by atoms with Crippen molar-refractivity contribution in [2.24, 2.45) is 4.99 Å². The van der Waals surface area contributed by atoms with Gasteiger partial charge in [-0.1, -0.05) is 12.1 Å². The predicted octanol–water partition coefficient (Wildman–Crippen LogP) is 1.69. The van der Waals surface area contributed by atoms with Crippen molar-refractivity contribution in [3.05, 3.63) is 35.0 Å². The Morgan fingerprint density at radius 1 is 1.44 bits per heavy atom. The Hall–Kier alpha value is -1.86. The molecular formula is C18H29N5OS. The van der Waals surface area contributed by atoms with Crippen LogP contribution in [-0.4, -0.2) is 68.5 Å². The normalized spacial score (nSPS) is 16.5. The van der Waals surface area contributed by atoms with E-state index in [2.05, 4.69) is 44.6 Å². The minimum Gasteiger partial charge on any atom is -0.354 e. The summed E-state index contributed by atoms with van der Waals surface area (Å²) in [4.78, 5) is 21.6. The summed E-state index contributed by atoms with van der Waals surface area (Å²) in [5.74, 6) is 0.630. The molecule has 2 heterocycles. The molecule has 1 atom stereocenters. The number of nitrogens with one attached hydrogen (secondary N) is 2. The average Bonchev–Trinajstić information content (AvgIpc) is 3.30. The van der Waals surface area contributed by atoms with Crippen LogP contribution < -0.4 is 10.6 Å². The van der Waals surface area contributed by atoms with Gasteiger partial charge in [0.15, 0.2) is 5.96 Å². The highest BCUT2D eigenvalue weighted by atomic mass is 32.1. The number of aliphatic imine (C=N–C) groups is 1. The molecule has 7 heteroatoms.